The van der Waals surface area contributed by atoms with Gasteiger partial charge in [-0.2, -0.15) is 5.26 Å². The van der Waals surface area contributed by atoms with Gasteiger partial charge in [0.15, 0.2) is 0 Å². The Balaban J connectivity index is 1.49. The lowest BCUT2D eigenvalue weighted by molar-refractivity contribution is -0.135. The van der Waals surface area contributed by atoms with Crippen LogP contribution in [-0.4, -0.2) is 45.9 Å². The van der Waals surface area contributed by atoms with E-state index in [1.165, 1.54) is 13.2 Å². The summed E-state index contributed by atoms with van der Waals surface area (Å²) in [7, 11) is 3.13. The molecule has 0 saturated carbocycles. The molecule has 3 aromatic rings. The molecular formula is C31H32N2O5. The summed E-state index contributed by atoms with van der Waals surface area (Å²) in [5.74, 6) is -0.198. The topological polar surface area (TPSA) is 88.9 Å². The minimum absolute atomic E-state index is 0.0705. The van der Waals surface area contributed by atoms with E-state index in [-0.39, 0.29) is 18.1 Å². The van der Waals surface area contributed by atoms with E-state index in [1.807, 2.05) is 66.5 Å². The van der Waals surface area contributed by atoms with Crippen LogP contribution in [0.5, 0.6) is 5.75 Å². The van der Waals surface area contributed by atoms with Crippen molar-refractivity contribution in [1.29, 1.82) is 5.26 Å². The number of rotatable bonds is 12. The van der Waals surface area contributed by atoms with Crippen LogP contribution in [0.15, 0.2) is 78.4 Å². The van der Waals surface area contributed by atoms with Crippen LogP contribution in [-0.2, 0) is 14.3 Å². The monoisotopic (exact) mass is 512 g/mol. The Bertz CT molecular complexity index is 1270. The second-order valence-corrected chi connectivity index (χ2v) is 8.61. The van der Waals surface area contributed by atoms with Gasteiger partial charge in [0.05, 0.1) is 25.8 Å². The van der Waals surface area contributed by atoms with Gasteiger partial charge in [0.25, 0.3) is 0 Å². The lowest BCUT2D eigenvalue weighted by Crippen LogP contribution is -2.23. The summed E-state index contributed by atoms with van der Waals surface area (Å²) >= 11 is 0. The van der Waals surface area contributed by atoms with E-state index in [9.17, 15) is 9.59 Å². The molecule has 0 bridgehead atoms. The standard InChI is InChI=1S/C31H32N2O5/c1-4-5-19-37-29-16-12-25(13-17-29)24-8-10-26(11-9-24)31(35)38-20-18-33(2)28-14-6-23(7-15-28)21-27(22-32)30(34)36-3/h6-17,21H,4-5,18-20H2,1-3H3/b27-21-. The SMILES string of the molecule is CCCCOc1ccc(-c2ccc(C(=O)OCCN(C)c3ccc(/C=C(/C#N)C(=O)OC)cc3)cc2)cc1. The van der Waals surface area contributed by atoms with Crippen molar-refractivity contribution in [2.24, 2.45) is 0 Å². The summed E-state index contributed by atoms with van der Waals surface area (Å²) in [5, 5.41) is 9.09. The largest absolute Gasteiger partial charge is 0.494 e. The summed E-state index contributed by atoms with van der Waals surface area (Å²) in [6.45, 7) is 3.57. The highest BCUT2D eigenvalue weighted by Crippen LogP contribution is 2.23. The second-order valence-electron chi connectivity index (χ2n) is 8.61. The molecule has 0 radical (unpaired) electrons. The molecule has 0 spiro atoms. The zero-order chi connectivity index (χ0) is 27.3. The zero-order valence-electron chi connectivity index (χ0n) is 22.0. The molecule has 0 aliphatic carbocycles. The van der Waals surface area contributed by atoms with Crippen molar-refractivity contribution in [1.82, 2.24) is 0 Å². The summed E-state index contributed by atoms with van der Waals surface area (Å²) in [4.78, 5) is 26.0. The number of nitrogens with zero attached hydrogens (tertiary/aromatic N) is 2. The summed E-state index contributed by atoms with van der Waals surface area (Å²) in [6, 6.07) is 24.4. The number of benzene rings is 3. The van der Waals surface area contributed by atoms with Gasteiger partial charge in [0.1, 0.15) is 24.0 Å². The lowest BCUT2D eigenvalue weighted by Gasteiger charge is -2.19. The summed E-state index contributed by atoms with van der Waals surface area (Å²) in [6.07, 6.45) is 3.60. The molecule has 0 atom stereocenters. The van der Waals surface area contributed by atoms with Gasteiger partial charge in [-0.1, -0.05) is 49.7 Å². The molecule has 0 aromatic heterocycles. The molecule has 7 heteroatoms. The van der Waals surface area contributed by atoms with Crippen molar-refractivity contribution in [3.63, 3.8) is 0 Å². The second kappa shape index (κ2) is 14.2. The van der Waals surface area contributed by atoms with Crippen LogP contribution in [0.3, 0.4) is 0 Å². The molecular weight excluding hydrogens is 480 g/mol. The third-order valence-corrected chi connectivity index (χ3v) is 5.91. The fourth-order valence-corrected chi connectivity index (χ4v) is 3.60. The lowest BCUT2D eigenvalue weighted by atomic mass is 10.0. The fraction of sp³-hybridized carbons (Fsp3) is 0.258. The molecule has 7 nitrogen and oxygen atoms in total. The van der Waals surface area contributed by atoms with Crippen molar-refractivity contribution in [3.8, 4) is 22.9 Å². The van der Waals surface area contributed by atoms with E-state index in [4.69, 9.17) is 14.7 Å². The highest BCUT2D eigenvalue weighted by atomic mass is 16.5. The molecule has 38 heavy (non-hydrogen) atoms. The molecule has 0 unspecified atom stereocenters. The van der Waals surface area contributed by atoms with Crippen LogP contribution in [0.4, 0.5) is 5.69 Å². The van der Waals surface area contributed by atoms with Gasteiger partial charge in [-0.3, -0.25) is 0 Å². The van der Waals surface area contributed by atoms with Crippen LogP contribution < -0.4 is 9.64 Å². The molecule has 3 aromatic carbocycles. The maximum absolute atomic E-state index is 12.5. The minimum atomic E-state index is -0.674. The Kier molecular flexibility index (Phi) is 10.5. The number of nitriles is 1. The van der Waals surface area contributed by atoms with E-state index in [0.29, 0.717) is 17.7 Å². The number of likely N-dealkylation sites (N-methyl/N-ethyl adjacent to an activating group) is 1. The number of esters is 2. The third-order valence-electron chi connectivity index (χ3n) is 5.91. The molecule has 0 fully saturated rings. The molecule has 0 aliphatic heterocycles. The molecule has 0 N–H and O–H groups in total. The Morgan fingerprint density at radius 2 is 1.55 bits per heavy atom. The van der Waals surface area contributed by atoms with Crippen LogP contribution in [0.1, 0.15) is 35.7 Å². The molecule has 0 aliphatic rings. The normalized spacial score (nSPS) is 10.8. The number of anilines is 1. The molecule has 0 saturated heterocycles. The number of carbonyl (C=O) groups excluding carboxylic acids is 2. The smallest absolute Gasteiger partial charge is 0.348 e. The van der Waals surface area contributed by atoms with Crippen molar-refractivity contribution in [2.75, 3.05) is 38.8 Å². The van der Waals surface area contributed by atoms with E-state index in [2.05, 4.69) is 11.7 Å². The van der Waals surface area contributed by atoms with Gasteiger partial charge in [-0.15, -0.1) is 0 Å². The number of methoxy groups -OCH3 is 1. The first-order valence-electron chi connectivity index (χ1n) is 12.5. The van der Waals surface area contributed by atoms with Gasteiger partial charge in [0.2, 0.25) is 0 Å². The van der Waals surface area contributed by atoms with Gasteiger partial charge < -0.3 is 19.1 Å². The maximum atomic E-state index is 12.5. The van der Waals surface area contributed by atoms with Crippen molar-refractivity contribution in [3.05, 3.63) is 89.5 Å². The fourth-order valence-electron chi connectivity index (χ4n) is 3.60. The Labute approximate surface area is 223 Å². The highest BCUT2D eigenvalue weighted by Gasteiger charge is 2.10. The first kappa shape index (κ1) is 28.0. The quantitative estimate of drug-likeness (QED) is 0.129. The Morgan fingerprint density at radius 3 is 2.13 bits per heavy atom. The van der Waals surface area contributed by atoms with Gasteiger partial charge >= 0.3 is 11.9 Å². The summed E-state index contributed by atoms with van der Waals surface area (Å²) in [5.41, 5.74) is 4.08. The Morgan fingerprint density at radius 1 is 0.921 bits per heavy atom. The third kappa shape index (κ3) is 7.97. The van der Waals surface area contributed by atoms with Crippen LogP contribution in [0.2, 0.25) is 0 Å². The predicted octanol–water partition coefficient (Wildman–Crippen LogP) is 5.91. The maximum Gasteiger partial charge on any atom is 0.348 e. The Hall–Kier alpha value is -4.57. The first-order chi connectivity index (χ1) is 18.4. The number of hydrogen-bond acceptors (Lipinski definition) is 7. The number of unbranched alkanes of at least 4 members (excludes halogenated alkanes) is 1. The van der Waals surface area contributed by atoms with Crippen molar-refractivity contribution >= 4 is 23.7 Å². The van der Waals surface area contributed by atoms with E-state index < -0.39 is 5.97 Å². The first-order valence-corrected chi connectivity index (χ1v) is 12.5. The molecule has 0 amide bonds. The van der Waals surface area contributed by atoms with Crippen molar-refractivity contribution < 1.29 is 23.8 Å². The minimum Gasteiger partial charge on any atom is -0.494 e. The van der Waals surface area contributed by atoms with Crippen molar-refractivity contribution in [2.45, 2.75) is 19.8 Å². The van der Waals surface area contributed by atoms with Crippen LogP contribution in [0, 0.1) is 11.3 Å². The van der Waals surface area contributed by atoms with E-state index in [1.54, 1.807) is 24.3 Å². The average molecular weight is 513 g/mol. The number of ether oxygens (including phenoxy) is 3. The molecule has 0 heterocycles. The predicted molar refractivity (Wildman–Crippen MR) is 148 cm³/mol. The van der Waals surface area contributed by atoms with E-state index in [0.717, 1.165) is 42.0 Å². The summed E-state index contributed by atoms with van der Waals surface area (Å²) < 4.78 is 15.8. The number of carbonyl (C=O) groups is 2. The molecule has 196 valence electrons. The van der Waals surface area contributed by atoms with Gasteiger partial charge in [-0.05, 0) is 65.6 Å². The molecule has 3 rings (SSSR count). The van der Waals surface area contributed by atoms with Gasteiger partial charge in [-0.25, -0.2) is 9.59 Å². The number of hydrogen-bond donors (Lipinski definition) is 0. The highest BCUT2D eigenvalue weighted by molar-refractivity contribution is 5.97. The van der Waals surface area contributed by atoms with E-state index >= 15 is 0 Å². The van der Waals surface area contributed by atoms with Crippen LogP contribution >= 0.6 is 0 Å². The van der Waals surface area contributed by atoms with Crippen LogP contribution in [0.25, 0.3) is 17.2 Å². The van der Waals surface area contributed by atoms with Gasteiger partial charge in [0, 0.05) is 12.7 Å². The average Bonchev–Trinajstić information content (AvgIpc) is 2.96. The zero-order valence-corrected chi connectivity index (χ0v) is 22.0.